The molecule has 0 atom stereocenters. The predicted molar refractivity (Wildman–Crippen MR) is 66.9 cm³/mol. The van der Waals surface area contributed by atoms with E-state index < -0.39 is 0 Å². The summed E-state index contributed by atoms with van der Waals surface area (Å²) in [5.41, 5.74) is 2.63. The van der Waals surface area contributed by atoms with Crippen LogP contribution in [0.4, 0.5) is 0 Å². The average Bonchev–Trinajstić information content (AvgIpc) is 2.70. The Morgan fingerprint density at radius 1 is 1.31 bits per heavy atom. The lowest BCUT2D eigenvalue weighted by atomic mass is 10.1. The SMILES string of the molecule is Cc1ccccc1Cc1ncc(CCO)s1. The van der Waals surface area contributed by atoms with E-state index >= 15 is 0 Å². The second-order valence-corrected chi connectivity index (χ2v) is 5.00. The number of aromatic nitrogens is 1. The molecule has 16 heavy (non-hydrogen) atoms. The van der Waals surface area contributed by atoms with Gasteiger partial charge in [-0.1, -0.05) is 24.3 Å². The summed E-state index contributed by atoms with van der Waals surface area (Å²) in [6, 6.07) is 8.38. The van der Waals surface area contributed by atoms with Crippen LogP contribution in [0.3, 0.4) is 0 Å². The van der Waals surface area contributed by atoms with E-state index in [1.54, 1.807) is 11.3 Å². The molecule has 0 aliphatic heterocycles. The van der Waals surface area contributed by atoms with Crippen molar-refractivity contribution in [1.29, 1.82) is 0 Å². The molecule has 1 N–H and O–H groups in total. The van der Waals surface area contributed by atoms with Crippen molar-refractivity contribution in [3.63, 3.8) is 0 Å². The Balaban J connectivity index is 2.11. The van der Waals surface area contributed by atoms with Crippen LogP contribution in [0.1, 0.15) is 21.0 Å². The van der Waals surface area contributed by atoms with Crippen LogP contribution in [0.25, 0.3) is 0 Å². The molecule has 1 aromatic heterocycles. The van der Waals surface area contributed by atoms with Gasteiger partial charge in [-0.3, -0.25) is 0 Å². The van der Waals surface area contributed by atoms with E-state index in [2.05, 4.69) is 36.2 Å². The Hall–Kier alpha value is -1.19. The third-order valence-corrected chi connectivity index (χ3v) is 3.62. The Morgan fingerprint density at radius 2 is 2.12 bits per heavy atom. The summed E-state index contributed by atoms with van der Waals surface area (Å²) >= 11 is 1.69. The Bertz CT molecular complexity index is 464. The molecule has 84 valence electrons. The second-order valence-electron chi connectivity index (χ2n) is 3.80. The number of hydrogen-bond acceptors (Lipinski definition) is 3. The quantitative estimate of drug-likeness (QED) is 0.880. The molecule has 2 aromatic rings. The minimum atomic E-state index is 0.200. The summed E-state index contributed by atoms with van der Waals surface area (Å²) in [6.07, 6.45) is 3.47. The maximum atomic E-state index is 8.84. The van der Waals surface area contributed by atoms with E-state index in [1.807, 2.05) is 6.20 Å². The average molecular weight is 233 g/mol. The molecule has 0 amide bonds. The first-order valence-electron chi connectivity index (χ1n) is 5.38. The first-order chi connectivity index (χ1) is 7.79. The Kier molecular flexibility index (Phi) is 3.70. The molecular formula is C13H15NOS. The number of nitrogens with zero attached hydrogens (tertiary/aromatic N) is 1. The molecule has 1 aromatic carbocycles. The van der Waals surface area contributed by atoms with Crippen molar-refractivity contribution in [3.05, 3.63) is 51.5 Å². The first kappa shape index (κ1) is 11.3. The summed E-state index contributed by atoms with van der Waals surface area (Å²) in [6.45, 7) is 2.32. The molecule has 1 heterocycles. The zero-order valence-corrected chi connectivity index (χ0v) is 10.1. The molecule has 0 bridgehead atoms. The van der Waals surface area contributed by atoms with Gasteiger partial charge in [-0.2, -0.15) is 0 Å². The van der Waals surface area contributed by atoms with Crippen LogP contribution in [0, 0.1) is 6.92 Å². The minimum Gasteiger partial charge on any atom is -0.396 e. The minimum absolute atomic E-state index is 0.200. The van der Waals surface area contributed by atoms with Gasteiger partial charge in [0.2, 0.25) is 0 Å². The van der Waals surface area contributed by atoms with E-state index in [4.69, 9.17) is 5.11 Å². The molecule has 0 saturated carbocycles. The molecule has 0 saturated heterocycles. The number of thiazole rings is 1. The highest BCUT2D eigenvalue weighted by Gasteiger charge is 2.04. The summed E-state index contributed by atoms with van der Waals surface area (Å²) in [5.74, 6) is 0. The smallest absolute Gasteiger partial charge is 0.0971 e. The molecule has 0 radical (unpaired) electrons. The van der Waals surface area contributed by atoms with Crippen LogP contribution in [-0.4, -0.2) is 16.7 Å². The lowest BCUT2D eigenvalue weighted by Gasteiger charge is -2.01. The maximum absolute atomic E-state index is 8.84. The van der Waals surface area contributed by atoms with Gasteiger partial charge in [-0.05, 0) is 18.1 Å². The summed E-state index contributed by atoms with van der Waals surface area (Å²) < 4.78 is 0. The fourth-order valence-electron chi connectivity index (χ4n) is 1.63. The van der Waals surface area contributed by atoms with E-state index in [9.17, 15) is 0 Å². The van der Waals surface area contributed by atoms with Crippen molar-refractivity contribution < 1.29 is 5.11 Å². The Labute approximate surface area is 99.6 Å². The van der Waals surface area contributed by atoms with Crippen LogP contribution in [0.5, 0.6) is 0 Å². The van der Waals surface area contributed by atoms with Gasteiger partial charge in [0.1, 0.15) is 0 Å². The van der Waals surface area contributed by atoms with Crippen molar-refractivity contribution in [3.8, 4) is 0 Å². The number of hydrogen-bond donors (Lipinski definition) is 1. The summed E-state index contributed by atoms with van der Waals surface area (Å²) in [7, 11) is 0. The first-order valence-corrected chi connectivity index (χ1v) is 6.20. The molecule has 0 fully saturated rings. The fraction of sp³-hybridized carbons (Fsp3) is 0.308. The van der Waals surface area contributed by atoms with Crippen LogP contribution in [0.15, 0.2) is 30.5 Å². The maximum Gasteiger partial charge on any atom is 0.0971 e. The van der Waals surface area contributed by atoms with Gasteiger partial charge < -0.3 is 5.11 Å². The third kappa shape index (κ3) is 2.68. The molecular weight excluding hydrogens is 218 g/mol. The topological polar surface area (TPSA) is 33.1 Å². The van der Waals surface area contributed by atoms with Gasteiger partial charge in [-0.25, -0.2) is 4.98 Å². The van der Waals surface area contributed by atoms with Gasteiger partial charge >= 0.3 is 0 Å². The van der Waals surface area contributed by atoms with Gasteiger partial charge in [0.25, 0.3) is 0 Å². The second kappa shape index (κ2) is 5.23. The van der Waals surface area contributed by atoms with Crippen molar-refractivity contribution >= 4 is 11.3 Å². The molecule has 2 rings (SSSR count). The highest BCUT2D eigenvalue weighted by Crippen LogP contribution is 2.18. The predicted octanol–water partition coefficient (Wildman–Crippen LogP) is 2.58. The number of rotatable bonds is 4. The van der Waals surface area contributed by atoms with E-state index in [0.29, 0.717) is 6.42 Å². The number of aryl methyl sites for hydroxylation is 1. The van der Waals surface area contributed by atoms with Gasteiger partial charge in [0, 0.05) is 30.5 Å². The van der Waals surface area contributed by atoms with Crippen LogP contribution < -0.4 is 0 Å². The van der Waals surface area contributed by atoms with E-state index in [-0.39, 0.29) is 6.61 Å². The highest BCUT2D eigenvalue weighted by molar-refractivity contribution is 7.11. The fourth-order valence-corrected chi connectivity index (χ4v) is 2.56. The van der Waals surface area contributed by atoms with Crippen LogP contribution in [-0.2, 0) is 12.8 Å². The third-order valence-electron chi connectivity index (χ3n) is 2.56. The van der Waals surface area contributed by atoms with Crippen molar-refractivity contribution in [2.45, 2.75) is 19.8 Å². The zero-order valence-electron chi connectivity index (χ0n) is 9.31. The summed E-state index contributed by atoms with van der Waals surface area (Å²) in [4.78, 5) is 5.54. The number of aliphatic hydroxyl groups excluding tert-OH is 1. The van der Waals surface area contributed by atoms with Crippen molar-refractivity contribution in [2.75, 3.05) is 6.61 Å². The molecule has 2 nitrogen and oxygen atoms in total. The number of benzene rings is 1. The molecule has 0 unspecified atom stereocenters. The Morgan fingerprint density at radius 3 is 2.88 bits per heavy atom. The number of aliphatic hydroxyl groups is 1. The van der Waals surface area contributed by atoms with Gasteiger partial charge in [0.05, 0.1) is 5.01 Å². The van der Waals surface area contributed by atoms with Gasteiger partial charge in [0.15, 0.2) is 0 Å². The van der Waals surface area contributed by atoms with E-state index in [0.717, 1.165) is 16.3 Å². The normalized spacial score (nSPS) is 10.6. The van der Waals surface area contributed by atoms with Crippen LogP contribution >= 0.6 is 11.3 Å². The molecule has 3 heteroatoms. The van der Waals surface area contributed by atoms with Gasteiger partial charge in [-0.15, -0.1) is 11.3 Å². The molecule has 0 aliphatic carbocycles. The van der Waals surface area contributed by atoms with Crippen molar-refractivity contribution in [2.24, 2.45) is 0 Å². The van der Waals surface area contributed by atoms with E-state index in [1.165, 1.54) is 11.1 Å². The van der Waals surface area contributed by atoms with Crippen LogP contribution in [0.2, 0.25) is 0 Å². The highest BCUT2D eigenvalue weighted by atomic mass is 32.1. The van der Waals surface area contributed by atoms with Crippen molar-refractivity contribution in [1.82, 2.24) is 4.98 Å². The zero-order chi connectivity index (χ0) is 11.4. The lowest BCUT2D eigenvalue weighted by molar-refractivity contribution is 0.300. The standard InChI is InChI=1S/C13H15NOS/c1-10-4-2-3-5-11(10)8-13-14-9-12(16-13)6-7-15/h2-5,9,15H,6-8H2,1H3. The molecule has 0 aliphatic rings. The lowest BCUT2D eigenvalue weighted by Crippen LogP contribution is -1.89. The molecule has 0 spiro atoms. The largest absolute Gasteiger partial charge is 0.396 e. The monoisotopic (exact) mass is 233 g/mol. The summed E-state index contributed by atoms with van der Waals surface area (Å²) in [5, 5.41) is 9.96.